The molecule has 0 heterocycles. The van der Waals surface area contributed by atoms with Crippen molar-refractivity contribution in [3.8, 4) is 0 Å². The van der Waals surface area contributed by atoms with Crippen LogP contribution in [0.15, 0.2) is 5.16 Å². The summed E-state index contributed by atoms with van der Waals surface area (Å²) in [7, 11) is 1.59. The van der Waals surface area contributed by atoms with E-state index in [1.807, 2.05) is 40.9 Å². The molecule has 0 rings (SSSR count). The van der Waals surface area contributed by atoms with Crippen LogP contribution in [-0.2, 0) is 9.63 Å². The minimum atomic E-state index is -0.697. The number of thioether (sulfide) groups is 1. The van der Waals surface area contributed by atoms with Gasteiger partial charge in [-0.3, -0.25) is 13.9 Å². The normalized spacial score (nSPS) is 13.2. The highest BCUT2D eigenvalue weighted by atomic mass is 32.2. The Kier molecular flexibility index (Phi) is 8.70. The lowest BCUT2D eigenvalue weighted by atomic mass is 9.91. The predicted molar refractivity (Wildman–Crippen MR) is 101 cm³/mol. The van der Waals surface area contributed by atoms with Gasteiger partial charge in [-0.05, 0) is 32.1 Å². The lowest BCUT2D eigenvalue weighted by Crippen LogP contribution is -2.37. The summed E-state index contributed by atoms with van der Waals surface area (Å²) in [6.45, 7) is 13.4. The molecule has 0 spiro atoms. The molecule has 0 aromatic carbocycles. The number of ketones is 1. The van der Waals surface area contributed by atoms with Crippen LogP contribution in [0.2, 0.25) is 0 Å². The number of carbonyl (C=O) groups excluding carboxylic acids is 2. The van der Waals surface area contributed by atoms with Gasteiger partial charge in [0.15, 0.2) is 5.78 Å². The first kappa shape index (κ1) is 22.3. The molecule has 0 unspecified atom stereocenters. The smallest absolute Gasteiger partial charge is 0.298 e. The van der Waals surface area contributed by atoms with Crippen molar-refractivity contribution in [1.29, 1.82) is 0 Å². The SMILES string of the molecule is CSC/C(=N\OC(=O)N(C)SC(C)(C)C(=O)C(C)C)C(C)(C)C. The van der Waals surface area contributed by atoms with Crippen LogP contribution in [0.25, 0.3) is 0 Å². The molecule has 0 aliphatic heterocycles. The van der Waals surface area contributed by atoms with Gasteiger partial charge in [-0.2, -0.15) is 11.8 Å². The Bertz CT molecular complexity index is 455. The van der Waals surface area contributed by atoms with Gasteiger partial charge in [0.1, 0.15) is 0 Å². The second-order valence-corrected chi connectivity index (χ2v) is 9.81. The zero-order chi connectivity index (χ0) is 18.4. The first-order chi connectivity index (χ1) is 10.3. The first-order valence-electron chi connectivity index (χ1n) is 7.57. The van der Waals surface area contributed by atoms with Gasteiger partial charge >= 0.3 is 6.09 Å². The van der Waals surface area contributed by atoms with Crippen molar-refractivity contribution in [1.82, 2.24) is 4.31 Å². The molecule has 0 saturated heterocycles. The number of Topliss-reactive ketones (excluding diaryl/α,β-unsaturated/α-hetero) is 1. The quantitative estimate of drug-likeness (QED) is 0.289. The van der Waals surface area contributed by atoms with Crippen molar-refractivity contribution in [3.05, 3.63) is 0 Å². The Hall–Kier alpha value is -0.690. The monoisotopic (exact) mass is 362 g/mol. The van der Waals surface area contributed by atoms with Crippen LogP contribution in [0, 0.1) is 11.3 Å². The zero-order valence-electron chi connectivity index (χ0n) is 15.7. The number of amides is 1. The number of nitrogens with zero attached hydrogens (tertiary/aromatic N) is 2. The van der Waals surface area contributed by atoms with Crippen molar-refractivity contribution in [2.24, 2.45) is 16.5 Å². The fourth-order valence-electron chi connectivity index (χ4n) is 1.79. The number of hydrogen-bond donors (Lipinski definition) is 0. The molecular weight excluding hydrogens is 332 g/mol. The van der Waals surface area contributed by atoms with Gasteiger partial charge in [0, 0.05) is 24.1 Å². The molecule has 0 aliphatic carbocycles. The van der Waals surface area contributed by atoms with Gasteiger partial charge in [-0.25, -0.2) is 4.79 Å². The largest absolute Gasteiger partial charge is 0.445 e. The molecule has 0 fully saturated rings. The second kappa shape index (κ2) is 8.97. The molecule has 0 N–H and O–H groups in total. The molecule has 23 heavy (non-hydrogen) atoms. The van der Waals surface area contributed by atoms with Crippen LogP contribution in [0.1, 0.15) is 48.5 Å². The van der Waals surface area contributed by atoms with E-state index in [2.05, 4.69) is 5.16 Å². The van der Waals surface area contributed by atoms with E-state index in [0.29, 0.717) is 5.75 Å². The van der Waals surface area contributed by atoms with Gasteiger partial charge in [0.05, 0.1) is 10.5 Å². The molecule has 0 saturated carbocycles. The molecule has 0 radical (unpaired) electrons. The van der Waals surface area contributed by atoms with Crippen LogP contribution >= 0.6 is 23.7 Å². The van der Waals surface area contributed by atoms with Crippen LogP contribution in [0.4, 0.5) is 4.79 Å². The van der Waals surface area contributed by atoms with E-state index in [1.54, 1.807) is 32.7 Å². The Morgan fingerprint density at radius 1 is 1.17 bits per heavy atom. The summed E-state index contributed by atoms with van der Waals surface area (Å²) in [5.74, 6) is 0.697. The molecule has 1 amide bonds. The third-order valence-corrected chi connectivity index (χ3v) is 4.76. The molecule has 0 aromatic rings. The summed E-state index contributed by atoms with van der Waals surface area (Å²) >= 11 is 2.78. The Morgan fingerprint density at radius 3 is 2.09 bits per heavy atom. The fraction of sp³-hybridized carbons (Fsp3) is 0.812. The molecule has 134 valence electrons. The summed E-state index contributed by atoms with van der Waals surface area (Å²) in [6.07, 6.45) is 1.40. The summed E-state index contributed by atoms with van der Waals surface area (Å²) in [6, 6.07) is 0. The van der Waals surface area contributed by atoms with E-state index in [4.69, 9.17) is 4.84 Å². The lowest BCUT2D eigenvalue weighted by Gasteiger charge is -2.28. The predicted octanol–water partition coefficient (Wildman–Crippen LogP) is 4.47. The maximum Gasteiger partial charge on any atom is 0.445 e. The second-order valence-electron chi connectivity index (χ2n) is 7.20. The van der Waals surface area contributed by atoms with E-state index in [0.717, 1.165) is 17.7 Å². The molecule has 0 aliphatic rings. The Morgan fingerprint density at radius 2 is 1.70 bits per heavy atom. The molecule has 0 atom stereocenters. The van der Waals surface area contributed by atoms with Gasteiger partial charge in [0.25, 0.3) is 0 Å². The highest BCUT2D eigenvalue weighted by Gasteiger charge is 2.34. The first-order valence-corrected chi connectivity index (χ1v) is 9.74. The van der Waals surface area contributed by atoms with Crippen LogP contribution in [0.5, 0.6) is 0 Å². The van der Waals surface area contributed by atoms with Crippen molar-refractivity contribution in [2.45, 2.75) is 53.2 Å². The van der Waals surface area contributed by atoms with Gasteiger partial charge < -0.3 is 0 Å². The van der Waals surface area contributed by atoms with Crippen LogP contribution < -0.4 is 0 Å². The summed E-state index contributed by atoms with van der Waals surface area (Å²) in [5, 5.41) is 4.02. The number of hydrogen-bond acceptors (Lipinski definition) is 6. The van der Waals surface area contributed by atoms with E-state index in [-0.39, 0.29) is 17.1 Å². The lowest BCUT2D eigenvalue weighted by molar-refractivity contribution is -0.123. The Balaban J connectivity index is 4.88. The van der Waals surface area contributed by atoms with Crippen LogP contribution in [-0.4, -0.2) is 45.7 Å². The van der Waals surface area contributed by atoms with Gasteiger partial charge in [0.2, 0.25) is 0 Å². The van der Waals surface area contributed by atoms with Gasteiger partial charge in [-0.1, -0.05) is 39.8 Å². The van der Waals surface area contributed by atoms with E-state index in [1.165, 1.54) is 4.31 Å². The molecule has 7 heteroatoms. The molecule has 5 nitrogen and oxygen atoms in total. The fourth-order valence-corrected chi connectivity index (χ4v) is 3.67. The van der Waals surface area contributed by atoms with E-state index in [9.17, 15) is 9.59 Å². The third kappa shape index (κ3) is 7.61. The minimum absolute atomic E-state index is 0.0865. The van der Waals surface area contributed by atoms with Crippen molar-refractivity contribution >= 4 is 41.3 Å². The number of carbonyl (C=O) groups is 2. The van der Waals surface area contributed by atoms with E-state index >= 15 is 0 Å². The summed E-state index contributed by atoms with van der Waals surface area (Å²) in [4.78, 5) is 29.3. The topological polar surface area (TPSA) is 59.0 Å². The van der Waals surface area contributed by atoms with Crippen molar-refractivity contribution < 1.29 is 14.4 Å². The maximum atomic E-state index is 12.2. The highest BCUT2D eigenvalue weighted by molar-refractivity contribution is 7.99. The Labute approximate surface area is 149 Å². The average Bonchev–Trinajstić information content (AvgIpc) is 2.40. The van der Waals surface area contributed by atoms with Gasteiger partial charge in [-0.15, -0.1) is 0 Å². The maximum absolute atomic E-state index is 12.2. The number of rotatable bonds is 7. The third-order valence-electron chi connectivity index (χ3n) is 3.12. The highest BCUT2D eigenvalue weighted by Crippen LogP contribution is 2.31. The number of oxime groups is 1. The van der Waals surface area contributed by atoms with Crippen molar-refractivity contribution in [2.75, 3.05) is 19.1 Å². The standard InChI is InChI=1S/C16H30N2O3S2/c1-11(2)13(19)16(6,7)23-18(8)14(20)21-17-12(10-22-9)15(3,4)5/h11H,10H2,1-9H3/b17-12+. The minimum Gasteiger partial charge on any atom is -0.298 e. The van der Waals surface area contributed by atoms with Crippen LogP contribution in [0.3, 0.4) is 0 Å². The van der Waals surface area contributed by atoms with E-state index < -0.39 is 10.8 Å². The molecule has 0 aromatic heterocycles. The van der Waals surface area contributed by atoms with Crippen molar-refractivity contribution in [3.63, 3.8) is 0 Å². The molecule has 0 bridgehead atoms. The average molecular weight is 363 g/mol. The zero-order valence-corrected chi connectivity index (χ0v) is 17.4. The summed E-state index contributed by atoms with van der Waals surface area (Å²) in [5.41, 5.74) is 0.649. The summed E-state index contributed by atoms with van der Waals surface area (Å²) < 4.78 is 0.626. The molecular formula is C16H30N2O3S2.